The predicted octanol–water partition coefficient (Wildman–Crippen LogP) is 4.09. The van der Waals surface area contributed by atoms with E-state index in [0.717, 1.165) is 26.4 Å². The maximum atomic E-state index is 12.9. The fourth-order valence-corrected chi connectivity index (χ4v) is 3.78. The second kappa shape index (κ2) is 5.97. The Morgan fingerprint density at radius 3 is 2.80 bits per heavy atom. The Hall–Kier alpha value is -2.73. The average molecular weight is 351 g/mol. The van der Waals surface area contributed by atoms with E-state index in [4.69, 9.17) is 4.42 Å². The first-order valence-corrected chi connectivity index (χ1v) is 8.83. The van der Waals surface area contributed by atoms with Crippen LogP contribution < -0.4 is 5.56 Å². The lowest BCUT2D eigenvalue weighted by atomic mass is 10.1. The van der Waals surface area contributed by atoms with Crippen LogP contribution in [0.1, 0.15) is 21.7 Å². The van der Waals surface area contributed by atoms with E-state index in [2.05, 4.69) is 28.3 Å². The first-order valence-electron chi connectivity index (χ1n) is 8.01. The van der Waals surface area contributed by atoms with Gasteiger partial charge in [-0.05, 0) is 44.0 Å². The fraction of sp³-hybridized carbons (Fsp3) is 0.211. The molecule has 25 heavy (non-hydrogen) atoms. The zero-order valence-corrected chi connectivity index (χ0v) is 15.1. The molecule has 0 fully saturated rings. The zero-order valence-electron chi connectivity index (χ0n) is 14.2. The highest BCUT2D eigenvalue weighted by Gasteiger charge is 2.18. The van der Waals surface area contributed by atoms with E-state index < -0.39 is 0 Å². The van der Waals surface area contributed by atoms with Gasteiger partial charge in [-0.1, -0.05) is 23.8 Å². The van der Waals surface area contributed by atoms with Crippen LogP contribution in [-0.4, -0.2) is 14.8 Å². The van der Waals surface area contributed by atoms with Crippen LogP contribution in [0.5, 0.6) is 0 Å². The van der Waals surface area contributed by atoms with Crippen LogP contribution in [0.3, 0.4) is 0 Å². The second-order valence-corrected chi connectivity index (χ2v) is 7.33. The van der Waals surface area contributed by atoms with Crippen molar-refractivity contribution in [3.8, 4) is 11.5 Å². The van der Waals surface area contributed by atoms with Crippen molar-refractivity contribution in [3.63, 3.8) is 0 Å². The van der Waals surface area contributed by atoms with Crippen LogP contribution in [0.4, 0.5) is 0 Å². The Balaban J connectivity index is 1.94. The highest BCUT2D eigenvalue weighted by Crippen LogP contribution is 2.29. The third-order valence-corrected chi connectivity index (χ3v) is 5.16. The molecule has 0 radical (unpaired) electrons. The van der Waals surface area contributed by atoms with Crippen molar-refractivity contribution in [2.45, 2.75) is 27.3 Å². The monoisotopic (exact) mass is 351 g/mol. The van der Waals surface area contributed by atoms with Gasteiger partial charge in [0.2, 0.25) is 0 Å². The molecule has 0 unspecified atom stereocenters. The van der Waals surface area contributed by atoms with Crippen molar-refractivity contribution in [1.29, 1.82) is 0 Å². The number of rotatable bonds is 3. The van der Waals surface area contributed by atoms with Crippen LogP contribution in [0, 0.1) is 20.8 Å². The van der Waals surface area contributed by atoms with Gasteiger partial charge in [0.1, 0.15) is 5.69 Å². The number of hydrogen-bond donors (Lipinski definition) is 0. The van der Waals surface area contributed by atoms with Gasteiger partial charge in [-0.25, -0.2) is 9.67 Å². The van der Waals surface area contributed by atoms with E-state index in [9.17, 15) is 4.79 Å². The predicted molar refractivity (Wildman–Crippen MR) is 99.1 cm³/mol. The Morgan fingerprint density at radius 2 is 2.04 bits per heavy atom. The van der Waals surface area contributed by atoms with Gasteiger partial charge in [-0.3, -0.25) is 4.79 Å². The lowest BCUT2D eigenvalue weighted by molar-refractivity contribution is 0.571. The van der Waals surface area contributed by atoms with Gasteiger partial charge in [0.25, 0.3) is 5.56 Å². The average Bonchev–Trinajstić information content (AvgIpc) is 3.23. The Morgan fingerprint density at radius 1 is 1.20 bits per heavy atom. The van der Waals surface area contributed by atoms with Crippen LogP contribution in [0.2, 0.25) is 0 Å². The lowest BCUT2D eigenvalue weighted by Crippen LogP contribution is -2.24. The molecule has 0 aliphatic heterocycles. The van der Waals surface area contributed by atoms with E-state index in [1.54, 1.807) is 6.26 Å². The van der Waals surface area contributed by atoms with E-state index in [1.807, 2.05) is 32.9 Å². The fourth-order valence-electron chi connectivity index (χ4n) is 2.88. The van der Waals surface area contributed by atoms with E-state index >= 15 is 0 Å². The molecule has 0 amide bonds. The van der Waals surface area contributed by atoms with Crippen LogP contribution >= 0.6 is 11.3 Å². The Kier molecular flexibility index (Phi) is 3.77. The minimum Gasteiger partial charge on any atom is -0.463 e. The summed E-state index contributed by atoms with van der Waals surface area (Å²) in [5.74, 6) is 0.642. The van der Waals surface area contributed by atoms with Crippen molar-refractivity contribution >= 4 is 21.6 Å². The molecule has 5 nitrogen and oxygen atoms in total. The van der Waals surface area contributed by atoms with Crippen LogP contribution in [0.15, 0.2) is 45.8 Å². The normalized spacial score (nSPS) is 11.3. The molecule has 6 heteroatoms. The number of thiazole rings is 1. The van der Waals surface area contributed by atoms with Gasteiger partial charge in [0.15, 0.2) is 11.3 Å². The molecule has 0 saturated heterocycles. The topological polar surface area (TPSA) is 60.9 Å². The number of hydrogen-bond acceptors (Lipinski definition) is 5. The first kappa shape index (κ1) is 15.8. The lowest BCUT2D eigenvalue weighted by Gasteiger charge is -2.10. The Bertz CT molecular complexity index is 1120. The molecule has 4 rings (SSSR count). The standard InChI is InChI=1S/C19H17N3O2S/c1-11-6-7-12(2)14(9-11)10-22-19(23)17-18(25-13(3)20-17)16(21-22)15-5-4-8-24-15/h4-9H,10H2,1-3H3. The van der Waals surface area contributed by atoms with Crippen molar-refractivity contribution < 1.29 is 4.42 Å². The summed E-state index contributed by atoms with van der Waals surface area (Å²) in [5, 5.41) is 5.44. The summed E-state index contributed by atoms with van der Waals surface area (Å²) in [6.07, 6.45) is 1.61. The molecule has 3 aromatic heterocycles. The second-order valence-electron chi connectivity index (χ2n) is 6.13. The van der Waals surface area contributed by atoms with Gasteiger partial charge < -0.3 is 4.42 Å². The molecule has 4 aromatic rings. The highest BCUT2D eigenvalue weighted by atomic mass is 32.1. The molecule has 0 aliphatic carbocycles. The molecular formula is C19H17N3O2S. The highest BCUT2D eigenvalue weighted by molar-refractivity contribution is 7.19. The molecular weight excluding hydrogens is 334 g/mol. The number of benzene rings is 1. The van der Waals surface area contributed by atoms with Gasteiger partial charge in [-0.15, -0.1) is 11.3 Å². The number of nitrogens with zero attached hydrogens (tertiary/aromatic N) is 3. The maximum Gasteiger partial charge on any atom is 0.294 e. The summed E-state index contributed by atoms with van der Waals surface area (Å²) in [6.45, 7) is 6.39. The summed E-state index contributed by atoms with van der Waals surface area (Å²) in [6, 6.07) is 9.89. The van der Waals surface area contributed by atoms with Gasteiger partial charge in [-0.2, -0.15) is 5.10 Å². The SMILES string of the molecule is Cc1ccc(C)c(Cn2nc(-c3ccco3)c3sc(C)nc3c2=O)c1. The minimum atomic E-state index is -0.171. The molecule has 0 spiro atoms. The van der Waals surface area contributed by atoms with Crippen molar-refractivity contribution in [1.82, 2.24) is 14.8 Å². The third-order valence-electron chi connectivity index (χ3n) is 4.19. The number of aryl methyl sites for hydroxylation is 3. The van der Waals surface area contributed by atoms with Crippen molar-refractivity contribution in [2.24, 2.45) is 0 Å². The zero-order chi connectivity index (χ0) is 17.6. The molecule has 3 heterocycles. The summed E-state index contributed by atoms with van der Waals surface area (Å²) in [5.41, 5.74) is 4.31. The third kappa shape index (κ3) is 2.78. The van der Waals surface area contributed by atoms with E-state index in [1.165, 1.54) is 16.0 Å². The summed E-state index contributed by atoms with van der Waals surface area (Å²) < 4.78 is 7.79. The molecule has 1 aromatic carbocycles. The van der Waals surface area contributed by atoms with Gasteiger partial charge >= 0.3 is 0 Å². The first-order chi connectivity index (χ1) is 12.0. The van der Waals surface area contributed by atoms with Gasteiger partial charge in [0.05, 0.1) is 22.5 Å². The minimum absolute atomic E-state index is 0.171. The van der Waals surface area contributed by atoms with E-state index in [0.29, 0.717) is 23.5 Å². The Labute approximate surface area is 148 Å². The van der Waals surface area contributed by atoms with Crippen molar-refractivity contribution in [2.75, 3.05) is 0 Å². The largest absolute Gasteiger partial charge is 0.463 e. The number of fused-ring (bicyclic) bond motifs is 1. The summed E-state index contributed by atoms with van der Waals surface area (Å²) in [7, 11) is 0. The van der Waals surface area contributed by atoms with E-state index in [-0.39, 0.29) is 5.56 Å². The summed E-state index contributed by atoms with van der Waals surface area (Å²) >= 11 is 1.46. The molecule has 126 valence electrons. The van der Waals surface area contributed by atoms with Crippen LogP contribution in [0.25, 0.3) is 21.7 Å². The smallest absolute Gasteiger partial charge is 0.294 e. The molecule has 0 bridgehead atoms. The molecule has 0 N–H and O–H groups in total. The van der Waals surface area contributed by atoms with Crippen molar-refractivity contribution in [3.05, 3.63) is 68.6 Å². The maximum absolute atomic E-state index is 12.9. The molecule has 0 aliphatic rings. The summed E-state index contributed by atoms with van der Waals surface area (Å²) in [4.78, 5) is 17.3. The quantitative estimate of drug-likeness (QED) is 0.558. The van der Waals surface area contributed by atoms with Gasteiger partial charge in [0, 0.05) is 0 Å². The van der Waals surface area contributed by atoms with Crippen LogP contribution in [-0.2, 0) is 6.54 Å². The number of furan rings is 1. The molecule has 0 atom stereocenters. The molecule has 0 saturated carbocycles. The number of aromatic nitrogens is 3.